The molecule has 21 heavy (non-hydrogen) atoms. The molecule has 6 heteroatoms. The van der Waals surface area contributed by atoms with Gasteiger partial charge in [0.2, 0.25) is 5.88 Å². The number of imide groups is 1. The van der Waals surface area contributed by atoms with Crippen molar-refractivity contribution in [2.75, 3.05) is 12.0 Å². The van der Waals surface area contributed by atoms with E-state index in [2.05, 4.69) is 4.74 Å². The minimum atomic E-state index is -1.17. The molecule has 0 fully saturated rings. The molecule has 1 aromatic carbocycles. The molecule has 2 heterocycles. The van der Waals surface area contributed by atoms with E-state index < -0.39 is 23.7 Å². The zero-order valence-corrected chi connectivity index (χ0v) is 11.1. The number of amides is 2. The van der Waals surface area contributed by atoms with Crippen molar-refractivity contribution in [3.05, 3.63) is 53.8 Å². The highest BCUT2D eigenvalue weighted by atomic mass is 16.5. The van der Waals surface area contributed by atoms with Gasteiger partial charge in [-0.3, -0.25) is 14.4 Å². The fraction of sp³-hybridized carbons (Fsp3) is 0.133. The summed E-state index contributed by atoms with van der Waals surface area (Å²) in [6.45, 7) is 0. The number of furan rings is 1. The van der Waals surface area contributed by atoms with Crippen LogP contribution in [-0.4, -0.2) is 24.9 Å². The number of carbonyl (C=O) groups is 3. The third kappa shape index (κ3) is 1.92. The highest BCUT2D eigenvalue weighted by Gasteiger charge is 2.44. The summed E-state index contributed by atoms with van der Waals surface area (Å²) >= 11 is 0. The van der Waals surface area contributed by atoms with E-state index in [1.807, 2.05) is 0 Å². The minimum Gasteiger partial charge on any atom is -0.468 e. The zero-order chi connectivity index (χ0) is 15.0. The van der Waals surface area contributed by atoms with Gasteiger partial charge in [0.1, 0.15) is 0 Å². The first-order valence-electron chi connectivity index (χ1n) is 6.23. The van der Waals surface area contributed by atoms with Gasteiger partial charge in [-0.1, -0.05) is 18.2 Å². The summed E-state index contributed by atoms with van der Waals surface area (Å²) in [5.41, 5.74) is 0.631. The number of methoxy groups -OCH3 is 1. The van der Waals surface area contributed by atoms with Gasteiger partial charge in [-0.2, -0.15) is 0 Å². The van der Waals surface area contributed by atoms with Gasteiger partial charge < -0.3 is 9.15 Å². The van der Waals surface area contributed by atoms with E-state index in [0.29, 0.717) is 5.56 Å². The molecular weight excluding hydrogens is 274 g/mol. The Hall–Kier alpha value is -2.89. The SMILES string of the molecule is COC(=O)C1C(=O)N(c2ccco2)C(=O)c2ccccc21. The van der Waals surface area contributed by atoms with Crippen LogP contribution in [-0.2, 0) is 14.3 Å². The number of anilines is 1. The number of hydrogen-bond acceptors (Lipinski definition) is 5. The second kappa shape index (κ2) is 4.90. The molecule has 1 atom stereocenters. The lowest BCUT2D eigenvalue weighted by Crippen LogP contribution is -2.47. The molecule has 106 valence electrons. The van der Waals surface area contributed by atoms with Crippen LogP contribution in [0, 0.1) is 0 Å². The molecule has 0 N–H and O–H groups in total. The van der Waals surface area contributed by atoms with Gasteiger partial charge in [0, 0.05) is 11.6 Å². The van der Waals surface area contributed by atoms with Crippen molar-refractivity contribution >= 4 is 23.7 Å². The van der Waals surface area contributed by atoms with Gasteiger partial charge in [0.15, 0.2) is 5.92 Å². The number of nitrogens with zero attached hydrogens (tertiary/aromatic N) is 1. The molecule has 6 nitrogen and oxygen atoms in total. The number of hydrogen-bond donors (Lipinski definition) is 0. The summed E-state index contributed by atoms with van der Waals surface area (Å²) in [6, 6.07) is 9.52. The normalized spacial score (nSPS) is 17.6. The summed E-state index contributed by atoms with van der Waals surface area (Å²) in [5, 5.41) is 0. The van der Waals surface area contributed by atoms with Crippen molar-refractivity contribution in [3.63, 3.8) is 0 Å². The van der Waals surface area contributed by atoms with Gasteiger partial charge in [0.05, 0.1) is 13.4 Å². The molecular formula is C15H11NO5. The average molecular weight is 285 g/mol. The van der Waals surface area contributed by atoms with Crippen LogP contribution in [0.5, 0.6) is 0 Å². The average Bonchev–Trinajstić information content (AvgIpc) is 3.01. The monoisotopic (exact) mass is 285 g/mol. The Labute approximate surface area is 119 Å². The van der Waals surface area contributed by atoms with E-state index in [1.54, 1.807) is 30.3 Å². The molecule has 0 aliphatic carbocycles. The standard InChI is InChI=1S/C15H11NO5/c1-20-15(19)12-9-5-2-3-6-10(9)13(17)16(14(12)18)11-7-4-8-21-11/h2-8,12H,1H3. The first kappa shape index (κ1) is 13.1. The molecule has 0 bridgehead atoms. The summed E-state index contributed by atoms with van der Waals surface area (Å²) in [5.74, 6) is -3.01. The van der Waals surface area contributed by atoms with E-state index in [4.69, 9.17) is 4.42 Å². The lowest BCUT2D eigenvalue weighted by molar-refractivity contribution is -0.145. The molecule has 1 aliphatic heterocycles. The Balaban J connectivity index is 2.18. The molecule has 1 unspecified atom stereocenters. The van der Waals surface area contributed by atoms with Gasteiger partial charge >= 0.3 is 5.97 Å². The highest BCUT2D eigenvalue weighted by molar-refractivity contribution is 6.29. The van der Waals surface area contributed by atoms with Gasteiger partial charge in [0.25, 0.3) is 11.8 Å². The number of ether oxygens (including phenoxy) is 1. The second-order valence-electron chi connectivity index (χ2n) is 4.47. The maximum atomic E-state index is 12.5. The summed E-state index contributed by atoms with van der Waals surface area (Å²) in [4.78, 5) is 37.8. The first-order valence-corrected chi connectivity index (χ1v) is 6.23. The third-order valence-corrected chi connectivity index (χ3v) is 3.34. The van der Waals surface area contributed by atoms with Crippen LogP contribution >= 0.6 is 0 Å². The Kier molecular flexibility index (Phi) is 3.06. The third-order valence-electron chi connectivity index (χ3n) is 3.34. The maximum Gasteiger partial charge on any atom is 0.322 e. The Bertz CT molecular complexity index is 719. The van der Waals surface area contributed by atoms with E-state index in [1.165, 1.54) is 19.4 Å². The Morgan fingerprint density at radius 3 is 2.62 bits per heavy atom. The number of rotatable bonds is 2. The smallest absolute Gasteiger partial charge is 0.322 e. The Morgan fingerprint density at radius 2 is 1.95 bits per heavy atom. The van der Waals surface area contributed by atoms with E-state index in [9.17, 15) is 14.4 Å². The van der Waals surface area contributed by atoms with Gasteiger partial charge in [-0.25, -0.2) is 4.90 Å². The molecule has 2 aromatic rings. The van der Waals surface area contributed by atoms with Crippen molar-refractivity contribution in [2.45, 2.75) is 5.92 Å². The van der Waals surface area contributed by atoms with Crippen LogP contribution in [0.3, 0.4) is 0 Å². The molecule has 0 spiro atoms. The minimum absolute atomic E-state index is 0.0772. The Morgan fingerprint density at radius 1 is 1.19 bits per heavy atom. The van der Waals surface area contributed by atoms with Crippen molar-refractivity contribution in [1.82, 2.24) is 0 Å². The van der Waals surface area contributed by atoms with Crippen molar-refractivity contribution < 1.29 is 23.5 Å². The van der Waals surface area contributed by atoms with E-state index in [-0.39, 0.29) is 11.4 Å². The molecule has 2 amide bonds. The van der Waals surface area contributed by atoms with Crippen LogP contribution in [0.1, 0.15) is 21.8 Å². The molecule has 3 rings (SSSR count). The van der Waals surface area contributed by atoms with Gasteiger partial charge in [-0.05, 0) is 17.7 Å². The lowest BCUT2D eigenvalue weighted by Gasteiger charge is -2.29. The van der Waals surface area contributed by atoms with E-state index >= 15 is 0 Å². The van der Waals surface area contributed by atoms with Gasteiger partial charge in [-0.15, -0.1) is 0 Å². The first-order chi connectivity index (χ1) is 10.1. The van der Waals surface area contributed by atoms with Crippen LogP contribution in [0.2, 0.25) is 0 Å². The fourth-order valence-corrected chi connectivity index (χ4v) is 2.38. The van der Waals surface area contributed by atoms with Crippen LogP contribution < -0.4 is 4.90 Å². The van der Waals surface area contributed by atoms with Crippen molar-refractivity contribution in [3.8, 4) is 0 Å². The molecule has 0 radical (unpaired) electrons. The molecule has 0 saturated carbocycles. The topological polar surface area (TPSA) is 76.8 Å². The quantitative estimate of drug-likeness (QED) is 0.477. The number of carbonyl (C=O) groups excluding carboxylic acids is 3. The maximum absolute atomic E-state index is 12.5. The number of fused-ring (bicyclic) bond motifs is 1. The second-order valence-corrected chi connectivity index (χ2v) is 4.47. The molecule has 1 aliphatic rings. The molecule has 1 aromatic heterocycles. The summed E-state index contributed by atoms with van der Waals surface area (Å²) < 4.78 is 9.81. The van der Waals surface area contributed by atoms with Crippen LogP contribution in [0.25, 0.3) is 0 Å². The predicted molar refractivity (Wildman–Crippen MR) is 71.7 cm³/mol. The zero-order valence-electron chi connectivity index (χ0n) is 11.1. The highest BCUT2D eigenvalue weighted by Crippen LogP contribution is 2.33. The fourth-order valence-electron chi connectivity index (χ4n) is 2.38. The van der Waals surface area contributed by atoms with Crippen molar-refractivity contribution in [2.24, 2.45) is 0 Å². The summed E-state index contributed by atoms with van der Waals surface area (Å²) in [7, 11) is 1.20. The number of benzene rings is 1. The molecule has 0 saturated heterocycles. The number of esters is 1. The lowest BCUT2D eigenvalue weighted by atomic mass is 9.88. The van der Waals surface area contributed by atoms with E-state index in [0.717, 1.165) is 4.90 Å². The van der Waals surface area contributed by atoms with Crippen LogP contribution in [0.15, 0.2) is 47.1 Å². The predicted octanol–water partition coefficient (Wildman–Crippen LogP) is 1.72. The van der Waals surface area contributed by atoms with Crippen molar-refractivity contribution in [1.29, 1.82) is 0 Å². The summed E-state index contributed by atoms with van der Waals surface area (Å²) in [6.07, 6.45) is 1.35. The largest absolute Gasteiger partial charge is 0.468 e. The van der Waals surface area contributed by atoms with Crippen LogP contribution in [0.4, 0.5) is 5.88 Å².